The van der Waals surface area contributed by atoms with Gasteiger partial charge in [0.15, 0.2) is 0 Å². The van der Waals surface area contributed by atoms with E-state index in [4.69, 9.17) is 0 Å². The van der Waals surface area contributed by atoms with Gasteiger partial charge < -0.3 is 14.9 Å². The van der Waals surface area contributed by atoms with E-state index in [1.54, 1.807) is 0 Å². The molecule has 3 aromatic rings. The Kier molecular flexibility index (Phi) is 196. The summed E-state index contributed by atoms with van der Waals surface area (Å²) in [5.41, 5.74) is 4.04. The molecule has 0 aliphatic heterocycles. The van der Waals surface area contributed by atoms with Crippen LogP contribution in [0.1, 0.15) is 71.1 Å². The zero-order valence-corrected chi connectivity index (χ0v) is 64.3. The van der Waals surface area contributed by atoms with Crippen LogP contribution in [-0.4, -0.2) is 0 Å². The summed E-state index contributed by atoms with van der Waals surface area (Å²) in [6.45, 7) is 16.6. The van der Waals surface area contributed by atoms with E-state index in [0.717, 1.165) is 0 Å². The van der Waals surface area contributed by atoms with Crippen LogP contribution in [0.5, 0.6) is 0 Å². The van der Waals surface area contributed by atoms with Gasteiger partial charge in [0.2, 0.25) is 0 Å². The Hall–Kier alpha value is 12.1. The molecule has 197 valence electrons. The first-order valence-corrected chi connectivity index (χ1v) is 9.87. The van der Waals surface area contributed by atoms with Crippen molar-refractivity contribution in [3.8, 4) is 0 Å². The minimum absolute atomic E-state index is 0. The van der Waals surface area contributed by atoms with Crippen LogP contribution in [-0.2, 0) is 425 Å². The van der Waals surface area contributed by atoms with Crippen molar-refractivity contribution in [3.63, 3.8) is 0 Å². The fourth-order valence-corrected chi connectivity index (χ4v) is 2.37. The second kappa shape index (κ2) is 76.8. The van der Waals surface area contributed by atoms with Gasteiger partial charge in [0.25, 0.3) is 0 Å². The van der Waals surface area contributed by atoms with Gasteiger partial charge in [-0.15, -0.1) is 41.1 Å². The van der Waals surface area contributed by atoms with E-state index in [-0.39, 0.29) is 440 Å². The molecule has 0 spiro atoms. The van der Waals surface area contributed by atoms with Crippen molar-refractivity contribution in [2.45, 2.75) is 61.3 Å². The fourth-order valence-electron chi connectivity index (χ4n) is 2.37. The van der Waals surface area contributed by atoms with Gasteiger partial charge in [-0.25, -0.2) is 0 Å². The Morgan fingerprint density at radius 2 is 0.927 bits per heavy atom. The Morgan fingerprint density at radius 1 is 0.561 bits per heavy atom. The third-order valence-corrected chi connectivity index (χ3v) is 3.79. The molecule has 41 heavy (non-hydrogen) atoms. The van der Waals surface area contributed by atoms with Crippen molar-refractivity contribution < 1.29 is 425 Å². The Balaban J connectivity index is -0.0000000147. The first kappa shape index (κ1) is 105. The van der Waals surface area contributed by atoms with Crippen LogP contribution in [0.25, 0.3) is 10.8 Å². The summed E-state index contributed by atoms with van der Waals surface area (Å²) in [5, 5.41) is 2.47. The van der Waals surface area contributed by atoms with Crippen LogP contribution in [0.4, 0.5) is 0 Å². The van der Waals surface area contributed by atoms with Gasteiger partial charge in [-0.1, -0.05) is 90.4 Å². The topological polar surface area (TPSA) is 0 Å². The van der Waals surface area contributed by atoms with E-state index >= 15 is 0 Å². The third kappa shape index (κ3) is 54.3. The number of fused-ring (bicyclic) bond motifs is 1. The molecule has 0 heterocycles. The van der Waals surface area contributed by atoms with Gasteiger partial charge in [-0.05, 0) is 18.4 Å². The van der Waals surface area contributed by atoms with Gasteiger partial charge in [0.1, 0.15) is 0 Å². The number of hydrogen-bond donors (Lipinski definition) is 0. The molecule has 3 aromatic carbocycles. The van der Waals surface area contributed by atoms with Crippen molar-refractivity contribution in [2.24, 2.45) is 0 Å². The average Bonchev–Trinajstić information content (AvgIpc) is 2.71. The SMILES string of the molecule is CC.CC.C[CH-]c1cc[c-]c2ccccc12.Cc1ccc(C(C)C)cc1.[CH3-].[CH3-].[Y].[Y].[Y].[Y].[Y].[Y].[Y].[Y].[Y].[Y].[Y].[Y].[Y]. The van der Waals surface area contributed by atoms with E-state index < -0.39 is 0 Å². The van der Waals surface area contributed by atoms with Crippen molar-refractivity contribution >= 4 is 10.8 Å². The Bertz CT molecular complexity index is 737. The maximum absolute atomic E-state index is 3.21. The molecule has 0 atom stereocenters. The summed E-state index contributed by atoms with van der Waals surface area (Å²) < 4.78 is 0. The molecule has 3 rings (SSSR count). The maximum Gasteiger partial charge on any atom is 0 e. The van der Waals surface area contributed by atoms with Crippen LogP contribution in [0.2, 0.25) is 0 Å². The number of hydrogen-bond acceptors (Lipinski definition) is 0. The fraction of sp³-hybridized carbons (Fsp3) is 0.321. The van der Waals surface area contributed by atoms with Crippen molar-refractivity contribution in [1.29, 1.82) is 0 Å². The molecular weight excluding hydrogens is 1490 g/mol. The normalized spacial score (nSPS) is 5.78. The zero-order valence-electron chi connectivity index (χ0n) is 27.4. The summed E-state index contributed by atoms with van der Waals surface area (Å²) in [5.74, 6) is 0.653. The number of rotatable bonds is 2. The molecule has 0 amide bonds. The molecule has 0 aliphatic rings. The van der Waals surface area contributed by atoms with E-state index in [2.05, 4.69) is 88.7 Å². The molecule has 13 heteroatoms. The van der Waals surface area contributed by atoms with Crippen LogP contribution >= 0.6 is 0 Å². The molecule has 0 unspecified atom stereocenters. The predicted octanol–water partition coefficient (Wildman–Crippen LogP) is 9.25. The van der Waals surface area contributed by atoms with Crippen molar-refractivity contribution in [1.82, 2.24) is 0 Å². The van der Waals surface area contributed by atoms with E-state index in [1.807, 2.05) is 39.8 Å². The van der Waals surface area contributed by atoms with Crippen LogP contribution in [0.15, 0.2) is 60.7 Å². The minimum atomic E-state index is 0. The number of aryl methyl sites for hydroxylation is 1. The van der Waals surface area contributed by atoms with E-state index in [9.17, 15) is 0 Å². The van der Waals surface area contributed by atoms with E-state index in [1.165, 1.54) is 27.5 Å². The molecule has 0 bridgehead atoms. The van der Waals surface area contributed by atoms with Gasteiger partial charge in [0, 0.05) is 425 Å². The molecule has 0 N–H and O–H groups in total. The molecular formula is C28H42Y13-4. The minimum Gasteiger partial charge on any atom is -0.358 e. The second-order valence-corrected chi connectivity index (χ2v) is 5.83. The van der Waals surface area contributed by atoms with Gasteiger partial charge in [-0.3, -0.25) is 0 Å². The first-order valence-electron chi connectivity index (χ1n) is 9.87. The number of benzene rings is 3. The Labute approximate surface area is 585 Å². The molecule has 0 aliphatic carbocycles. The largest absolute Gasteiger partial charge is 0.358 e. The molecule has 0 nitrogen and oxygen atoms in total. The smallest absolute Gasteiger partial charge is 0 e. The monoisotopic (exact) mass is 1530 g/mol. The summed E-state index contributed by atoms with van der Waals surface area (Å²) in [4.78, 5) is 0. The molecule has 0 saturated carbocycles. The van der Waals surface area contributed by atoms with Crippen LogP contribution in [0.3, 0.4) is 0 Å². The standard InChI is InChI=1S/C12H10.C10H14.2C2H6.2CH3.13Y/c1-2-10-7-5-8-11-6-3-4-9-12(10)11;1-8(2)10-6-4-9(3)5-7-10;2*1-2;;;;;;;;;;;;;;;/h2-7,9H,1H3;4-8H,1-3H3;2*1-2H3;2*1H3;;;;;;;;;;;;;/q-2;;;;2*-1;;;;;;;;;;;;;. The predicted molar refractivity (Wildman–Crippen MR) is 133 cm³/mol. The van der Waals surface area contributed by atoms with Gasteiger partial charge in [0.05, 0.1) is 0 Å². The quantitative estimate of drug-likeness (QED) is 0.225. The molecule has 0 aromatic heterocycles. The third-order valence-electron chi connectivity index (χ3n) is 3.79. The van der Waals surface area contributed by atoms with Gasteiger partial charge in [-0.2, -0.15) is 12.0 Å². The van der Waals surface area contributed by atoms with Crippen LogP contribution < -0.4 is 0 Å². The van der Waals surface area contributed by atoms with Gasteiger partial charge >= 0.3 is 0 Å². The van der Waals surface area contributed by atoms with E-state index in [0.29, 0.717) is 5.92 Å². The molecule has 13 radical (unpaired) electrons. The van der Waals surface area contributed by atoms with Crippen LogP contribution in [0, 0.1) is 34.3 Å². The molecule has 0 fully saturated rings. The van der Waals surface area contributed by atoms with Crippen molar-refractivity contribution in [2.75, 3.05) is 0 Å². The average molecular weight is 1530 g/mol. The first-order chi connectivity index (χ1) is 12.6. The Morgan fingerprint density at radius 3 is 1.27 bits per heavy atom. The molecule has 0 saturated heterocycles. The summed E-state index contributed by atoms with van der Waals surface area (Å²) >= 11 is 0. The summed E-state index contributed by atoms with van der Waals surface area (Å²) in [6, 6.07) is 24.3. The summed E-state index contributed by atoms with van der Waals surface area (Å²) in [6.07, 6.45) is 2.12. The van der Waals surface area contributed by atoms with Crippen molar-refractivity contribution in [3.05, 3.63) is 105 Å². The zero-order chi connectivity index (χ0) is 19.9. The summed E-state index contributed by atoms with van der Waals surface area (Å²) in [7, 11) is 0. The second-order valence-electron chi connectivity index (χ2n) is 5.83. The maximum atomic E-state index is 3.21.